The smallest absolute Gasteiger partial charge is 0.141 e. The summed E-state index contributed by atoms with van der Waals surface area (Å²) < 4.78 is 3.10. The minimum atomic E-state index is 0.656. The van der Waals surface area contributed by atoms with Crippen LogP contribution < -0.4 is 0 Å². The summed E-state index contributed by atoms with van der Waals surface area (Å²) in [5, 5.41) is 11.0. The molecule has 0 N–H and O–H groups in total. The second kappa shape index (κ2) is 4.23. The van der Waals surface area contributed by atoms with E-state index in [0.717, 1.165) is 26.2 Å². The van der Waals surface area contributed by atoms with E-state index < -0.39 is 0 Å². The standard InChI is InChI=1S/C13H8BrN3S/c1-17-11-4-8(6-15)2-3-10(11)16-13(17)9-5-12(14)18-7-9/h2-5,7H,1H3. The summed E-state index contributed by atoms with van der Waals surface area (Å²) in [4.78, 5) is 4.61. The van der Waals surface area contributed by atoms with E-state index in [1.165, 1.54) is 0 Å². The largest absolute Gasteiger partial charge is 0.327 e. The zero-order valence-electron chi connectivity index (χ0n) is 9.51. The summed E-state index contributed by atoms with van der Waals surface area (Å²) in [6.07, 6.45) is 0. The fourth-order valence-corrected chi connectivity index (χ4v) is 3.08. The number of imidazole rings is 1. The molecule has 2 heterocycles. The number of halogens is 1. The van der Waals surface area contributed by atoms with Crippen LogP contribution in [0.2, 0.25) is 0 Å². The SMILES string of the molecule is Cn1c(-c2csc(Br)c2)nc2ccc(C#N)cc21. The fraction of sp³-hybridized carbons (Fsp3) is 0.0769. The van der Waals surface area contributed by atoms with Gasteiger partial charge in [0.2, 0.25) is 0 Å². The molecule has 2 aromatic heterocycles. The Labute approximate surface area is 116 Å². The maximum atomic E-state index is 8.93. The van der Waals surface area contributed by atoms with Gasteiger partial charge in [-0.25, -0.2) is 4.98 Å². The van der Waals surface area contributed by atoms with E-state index in [0.29, 0.717) is 5.56 Å². The fourth-order valence-electron chi connectivity index (χ4n) is 1.94. The number of hydrogen-bond donors (Lipinski definition) is 0. The molecule has 18 heavy (non-hydrogen) atoms. The lowest BCUT2D eigenvalue weighted by Crippen LogP contribution is -1.91. The van der Waals surface area contributed by atoms with Gasteiger partial charge in [-0.1, -0.05) is 0 Å². The molecule has 1 aromatic carbocycles. The Morgan fingerprint density at radius 2 is 2.22 bits per heavy atom. The van der Waals surface area contributed by atoms with Crippen molar-refractivity contribution in [3.05, 3.63) is 39.0 Å². The van der Waals surface area contributed by atoms with Gasteiger partial charge in [0.1, 0.15) is 5.82 Å². The van der Waals surface area contributed by atoms with E-state index in [1.807, 2.05) is 23.7 Å². The number of nitrogens with zero attached hydrogens (tertiary/aromatic N) is 3. The van der Waals surface area contributed by atoms with E-state index in [-0.39, 0.29) is 0 Å². The predicted octanol–water partition coefficient (Wildman–Crippen LogP) is 3.94. The van der Waals surface area contributed by atoms with Crippen LogP contribution in [-0.4, -0.2) is 9.55 Å². The molecule has 0 bridgehead atoms. The van der Waals surface area contributed by atoms with Gasteiger partial charge >= 0.3 is 0 Å². The quantitative estimate of drug-likeness (QED) is 0.682. The molecule has 0 spiro atoms. The molecule has 0 aliphatic carbocycles. The topological polar surface area (TPSA) is 41.6 Å². The number of aryl methyl sites for hydroxylation is 1. The Kier molecular flexibility index (Phi) is 2.69. The van der Waals surface area contributed by atoms with Gasteiger partial charge in [0.05, 0.1) is 26.5 Å². The van der Waals surface area contributed by atoms with Gasteiger partial charge in [-0.3, -0.25) is 0 Å². The van der Waals surface area contributed by atoms with Gasteiger partial charge in [0.15, 0.2) is 0 Å². The van der Waals surface area contributed by atoms with Crippen LogP contribution in [0.15, 0.2) is 33.4 Å². The van der Waals surface area contributed by atoms with Crippen LogP contribution in [-0.2, 0) is 7.05 Å². The number of aromatic nitrogens is 2. The van der Waals surface area contributed by atoms with Crippen molar-refractivity contribution in [2.24, 2.45) is 7.05 Å². The van der Waals surface area contributed by atoms with E-state index in [2.05, 4.69) is 38.4 Å². The Balaban J connectivity index is 2.26. The molecule has 0 saturated heterocycles. The van der Waals surface area contributed by atoms with Crippen LogP contribution in [0.3, 0.4) is 0 Å². The van der Waals surface area contributed by atoms with Crippen molar-refractivity contribution in [2.75, 3.05) is 0 Å². The van der Waals surface area contributed by atoms with Crippen molar-refractivity contribution < 1.29 is 0 Å². The monoisotopic (exact) mass is 317 g/mol. The van der Waals surface area contributed by atoms with E-state index in [9.17, 15) is 0 Å². The Morgan fingerprint density at radius 1 is 1.39 bits per heavy atom. The first-order valence-corrected chi connectivity index (χ1v) is 6.97. The number of hydrogen-bond acceptors (Lipinski definition) is 3. The second-order valence-electron chi connectivity index (χ2n) is 3.95. The number of benzene rings is 1. The summed E-state index contributed by atoms with van der Waals surface area (Å²) in [7, 11) is 1.97. The molecule has 0 unspecified atom stereocenters. The van der Waals surface area contributed by atoms with Crippen molar-refractivity contribution in [3.8, 4) is 17.5 Å². The third-order valence-electron chi connectivity index (χ3n) is 2.84. The van der Waals surface area contributed by atoms with Gasteiger partial charge < -0.3 is 4.57 Å². The van der Waals surface area contributed by atoms with Crippen molar-refractivity contribution in [3.63, 3.8) is 0 Å². The molecule has 5 heteroatoms. The van der Waals surface area contributed by atoms with Gasteiger partial charge in [0, 0.05) is 18.0 Å². The van der Waals surface area contributed by atoms with Gasteiger partial charge in [-0.15, -0.1) is 11.3 Å². The lowest BCUT2D eigenvalue weighted by atomic mass is 10.2. The van der Waals surface area contributed by atoms with Crippen LogP contribution in [0.5, 0.6) is 0 Å². The molecular formula is C13H8BrN3S. The molecule has 3 nitrogen and oxygen atoms in total. The van der Waals surface area contributed by atoms with Gasteiger partial charge in [-0.2, -0.15) is 5.26 Å². The van der Waals surface area contributed by atoms with Crippen molar-refractivity contribution in [1.82, 2.24) is 9.55 Å². The number of nitriles is 1. The van der Waals surface area contributed by atoms with Crippen LogP contribution in [0, 0.1) is 11.3 Å². The molecule has 0 aliphatic rings. The van der Waals surface area contributed by atoms with E-state index in [4.69, 9.17) is 5.26 Å². The third-order valence-corrected chi connectivity index (χ3v) is 4.34. The molecule has 0 amide bonds. The average molecular weight is 318 g/mol. The lowest BCUT2D eigenvalue weighted by molar-refractivity contribution is 0.960. The van der Waals surface area contributed by atoms with Crippen LogP contribution in [0.1, 0.15) is 5.56 Å². The van der Waals surface area contributed by atoms with Crippen molar-refractivity contribution in [2.45, 2.75) is 0 Å². The zero-order chi connectivity index (χ0) is 12.7. The van der Waals surface area contributed by atoms with Crippen LogP contribution in [0.25, 0.3) is 22.4 Å². The number of fused-ring (bicyclic) bond motifs is 1. The normalized spacial score (nSPS) is 10.7. The highest BCUT2D eigenvalue weighted by Crippen LogP contribution is 2.30. The number of rotatable bonds is 1. The molecular weight excluding hydrogens is 310 g/mol. The Hall–Kier alpha value is -1.64. The van der Waals surface area contributed by atoms with Gasteiger partial charge in [0.25, 0.3) is 0 Å². The molecule has 3 rings (SSSR count). The Bertz CT molecular complexity index is 779. The summed E-state index contributed by atoms with van der Waals surface area (Å²) in [6, 6.07) is 9.76. The first-order valence-electron chi connectivity index (χ1n) is 5.30. The highest BCUT2D eigenvalue weighted by molar-refractivity contribution is 9.11. The zero-order valence-corrected chi connectivity index (χ0v) is 11.9. The predicted molar refractivity (Wildman–Crippen MR) is 76.4 cm³/mol. The van der Waals surface area contributed by atoms with Crippen LogP contribution in [0.4, 0.5) is 0 Å². The van der Waals surface area contributed by atoms with Crippen molar-refractivity contribution >= 4 is 38.3 Å². The maximum absolute atomic E-state index is 8.93. The van der Waals surface area contributed by atoms with Crippen LogP contribution >= 0.6 is 27.3 Å². The second-order valence-corrected chi connectivity index (χ2v) is 6.24. The summed E-state index contributed by atoms with van der Waals surface area (Å²) in [5.74, 6) is 0.919. The van der Waals surface area contributed by atoms with Gasteiger partial charge in [-0.05, 0) is 40.2 Å². The number of thiophene rings is 1. The first-order chi connectivity index (χ1) is 8.69. The highest BCUT2D eigenvalue weighted by Gasteiger charge is 2.11. The van der Waals surface area contributed by atoms with E-state index >= 15 is 0 Å². The maximum Gasteiger partial charge on any atom is 0.141 e. The first kappa shape index (κ1) is 11.5. The molecule has 3 aromatic rings. The molecule has 88 valence electrons. The third kappa shape index (κ3) is 1.74. The highest BCUT2D eigenvalue weighted by atomic mass is 79.9. The van der Waals surface area contributed by atoms with E-state index in [1.54, 1.807) is 17.4 Å². The van der Waals surface area contributed by atoms with Crippen molar-refractivity contribution in [1.29, 1.82) is 5.26 Å². The summed E-state index contributed by atoms with van der Waals surface area (Å²) in [5.41, 5.74) is 3.63. The molecule has 0 aliphatic heterocycles. The minimum absolute atomic E-state index is 0.656. The average Bonchev–Trinajstić information content (AvgIpc) is 2.94. The molecule has 0 fully saturated rings. The summed E-state index contributed by atoms with van der Waals surface area (Å²) in [6.45, 7) is 0. The molecule has 0 atom stereocenters. The molecule has 0 saturated carbocycles. The lowest BCUT2D eigenvalue weighted by Gasteiger charge is -1.99. The minimum Gasteiger partial charge on any atom is -0.327 e. The summed E-state index contributed by atoms with van der Waals surface area (Å²) >= 11 is 5.10. The Morgan fingerprint density at radius 3 is 2.89 bits per heavy atom. The molecule has 0 radical (unpaired) electrons.